The first-order valence-electron chi connectivity index (χ1n) is 9.55. The summed E-state index contributed by atoms with van der Waals surface area (Å²) in [4.78, 5) is 17.4. The lowest BCUT2D eigenvalue weighted by atomic mass is 10.0. The van der Waals surface area contributed by atoms with Gasteiger partial charge in [-0.2, -0.15) is 0 Å². The Bertz CT molecular complexity index is 836. The smallest absolute Gasteiger partial charge is 0.242 e. The van der Waals surface area contributed by atoms with Crippen molar-refractivity contribution in [3.63, 3.8) is 0 Å². The van der Waals surface area contributed by atoms with E-state index < -0.39 is 0 Å². The van der Waals surface area contributed by atoms with Crippen molar-refractivity contribution in [3.05, 3.63) is 53.6 Å². The van der Waals surface area contributed by atoms with Gasteiger partial charge in [0.25, 0.3) is 0 Å². The van der Waals surface area contributed by atoms with Gasteiger partial charge in [-0.3, -0.25) is 4.79 Å². The Labute approximate surface area is 160 Å². The summed E-state index contributed by atoms with van der Waals surface area (Å²) in [6, 6.07) is 14.2. The van der Waals surface area contributed by atoms with Crippen LogP contribution in [0.4, 0.5) is 5.69 Å². The highest BCUT2D eigenvalue weighted by Gasteiger charge is 2.33. The fourth-order valence-corrected chi connectivity index (χ4v) is 4.31. The lowest BCUT2D eigenvalue weighted by Crippen LogP contribution is -2.39. The summed E-state index contributed by atoms with van der Waals surface area (Å²) in [7, 11) is 3.33. The molecule has 0 unspecified atom stereocenters. The van der Waals surface area contributed by atoms with Gasteiger partial charge in [0.15, 0.2) is 0 Å². The summed E-state index contributed by atoms with van der Waals surface area (Å²) in [6.07, 6.45) is 2.97. The maximum absolute atomic E-state index is 13.2. The van der Waals surface area contributed by atoms with Crippen LogP contribution < -0.4 is 14.4 Å². The van der Waals surface area contributed by atoms with Crippen LogP contribution in [0.3, 0.4) is 0 Å². The molecule has 1 atom stereocenters. The number of rotatable bonds is 5. The Hall–Kier alpha value is -2.69. The minimum absolute atomic E-state index is 0.0420. The van der Waals surface area contributed by atoms with Gasteiger partial charge < -0.3 is 19.3 Å². The van der Waals surface area contributed by atoms with Gasteiger partial charge in [-0.1, -0.05) is 18.2 Å². The number of methoxy groups -OCH3 is 2. The quantitative estimate of drug-likeness (QED) is 0.813. The van der Waals surface area contributed by atoms with Crippen LogP contribution in [-0.2, 0) is 11.2 Å². The number of fused-ring (bicyclic) bond motifs is 1. The molecule has 2 aliphatic heterocycles. The van der Waals surface area contributed by atoms with E-state index in [0.717, 1.165) is 49.4 Å². The normalized spacial score (nSPS) is 18.5. The van der Waals surface area contributed by atoms with Gasteiger partial charge >= 0.3 is 0 Å². The van der Waals surface area contributed by atoms with Crippen LogP contribution in [-0.4, -0.2) is 44.7 Å². The van der Waals surface area contributed by atoms with Crippen molar-refractivity contribution >= 4 is 11.6 Å². The van der Waals surface area contributed by atoms with E-state index in [1.165, 1.54) is 11.3 Å². The van der Waals surface area contributed by atoms with Crippen molar-refractivity contribution in [1.29, 1.82) is 0 Å². The summed E-state index contributed by atoms with van der Waals surface area (Å²) in [5, 5.41) is 0. The van der Waals surface area contributed by atoms with Gasteiger partial charge in [0.1, 0.15) is 11.5 Å². The molecule has 0 saturated carbocycles. The highest BCUT2D eigenvalue weighted by atomic mass is 16.5. The maximum Gasteiger partial charge on any atom is 0.242 e. The molecule has 0 spiro atoms. The van der Waals surface area contributed by atoms with Crippen LogP contribution in [0.5, 0.6) is 11.5 Å². The molecule has 1 fully saturated rings. The van der Waals surface area contributed by atoms with Gasteiger partial charge in [0.2, 0.25) is 5.91 Å². The SMILES string of the molecule is COc1ccc(OC)c([C@H]2CCCN2C(=O)CN2CCc3ccccc32)c1. The van der Waals surface area contributed by atoms with Crippen LogP contribution in [0.25, 0.3) is 0 Å². The van der Waals surface area contributed by atoms with Gasteiger partial charge in [-0.05, 0) is 49.1 Å². The van der Waals surface area contributed by atoms with Crippen molar-refractivity contribution < 1.29 is 14.3 Å². The lowest BCUT2D eigenvalue weighted by Gasteiger charge is -2.29. The zero-order chi connectivity index (χ0) is 18.8. The molecule has 0 aromatic heterocycles. The number of ether oxygens (including phenoxy) is 2. The van der Waals surface area contributed by atoms with Gasteiger partial charge in [0.05, 0.1) is 26.8 Å². The summed E-state index contributed by atoms with van der Waals surface area (Å²) < 4.78 is 11.0. The van der Waals surface area contributed by atoms with E-state index >= 15 is 0 Å². The van der Waals surface area contributed by atoms with E-state index in [4.69, 9.17) is 9.47 Å². The molecule has 2 heterocycles. The number of hydrogen-bond donors (Lipinski definition) is 0. The summed E-state index contributed by atoms with van der Waals surface area (Å²) in [6.45, 7) is 2.13. The minimum Gasteiger partial charge on any atom is -0.497 e. The number of benzene rings is 2. The molecule has 5 nitrogen and oxygen atoms in total. The summed E-state index contributed by atoms with van der Waals surface area (Å²) >= 11 is 0. The third-order valence-corrected chi connectivity index (χ3v) is 5.68. The Kier molecular flexibility index (Phi) is 4.92. The first kappa shape index (κ1) is 17.7. The molecule has 4 rings (SSSR count). The second kappa shape index (κ2) is 7.51. The topological polar surface area (TPSA) is 42.0 Å². The molecular formula is C22H26N2O3. The zero-order valence-corrected chi connectivity index (χ0v) is 16.0. The highest BCUT2D eigenvalue weighted by molar-refractivity contribution is 5.83. The van der Waals surface area contributed by atoms with E-state index in [2.05, 4.69) is 23.1 Å². The van der Waals surface area contributed by atoms with Crippen LogP contribution in [0.1, 0.15) is 30.0 Å². The molecule has 2 aromatic rings. The lowest BCUT2D eigenvalue weighted by molar-refractivity contribution is -0.130. The monoisotopic (exact) mass is 366 g/mol. The number of carbonyl (C=O) groups excluding carboxylic acids is 1. The molecule has 0 bridgehead atoms. The molecule has 2 aromatic carbocycles. The van der Waals surface area contributed by atoms with Crippen LogP contribution in [0.2, 0.25) is 0 Å². The van der Waals surface area contributed by atoms with Crippen molar-refractivity contribution in [1.82, 2.24) is 4.90 Å². The number of para-hydroxylation sites is 1. The zero-order valence-electron chi connectivity index (χ0n) is 16.0. The summed E-state index contributed by atoms with van der Waals surface area (Å²) in [5.41, 5.74) is 3.56. The van der Waals surface area contributed by atoms with E-state index in [1.54, 1.807) is 14.2 Å². The first-order valence-corrected chi connectivity index (χ1v) is 9.55. The van der Waals surface area contributed by atoms with E-state index in [-0.39, 0.29) is 11.9 Å². The van der Waals surface area contributed by atoms with Crippen molar-refractivity contribution in [2.75, 3.05) is 38.8 Å². The van der Waals surface area contributed by atoms with Crippen LogP contribution in [0, 0.1) is 0 Å². The molecule has 1 amide bonds. The van der Waals surface area contributed by atoms with Crippen LogP contribution >= 0.6 is 0 Å². The number of nitrogens with zero attached hydrogens (tertiary/aromatic N) is 2. The Morgan fingerprint density at radius 2 is 1.96 bits per heavy atom. The fourth-order valence-electron chi connectivity index (χ4n) is 4.31. The minimum atomic E-state index is 0.0420. The Morgan fingerprint density at radius 3 is 2.78 bits per heavy atom. The van der Waals surface area contributed by atoms with Crippen molar-refractivity contribution in [3.8, 4) is 11.5 Å². The molecule has 0 aliphatic carbocycles. The third kappa shape index (κ3) is 3.34. The predicted octanol–water partition coefficient (Wildman–Crippen LogP) is 3.43. The van der Waals surface area contributed by atoms with Gasteiger partial charge in [-0.25, -0.2) is 0 Å². The molecular weight excluding hydrogens is 340 g/mol. The molecule has 5 heteroatoms. The predicted molar refractivity (Wildman–Crippen MR) is 106 cm³/mol. The third-order valence-electron chi connectivity index (χ3n) is 5.68. The number of carbonyl (C=O) groups is 1. The van der Waals surface area contributed by atoms with Gasteiger partial charge in [-0.15, -0.1) is 0 Å². The fraction of sp³-hybridized carbons (Fsp3) is 0.409. The van der Waals surface area contributed by atoms with E-state index in [1.807, 2.05) is 29.2 Å². The highest BCUT2D eigenvalue weighted by Crippen LogP contribution is 2.39. The number of amides is 1. The van der Waals surface area contributed by atoms with Crippen LogP contribution in [0.15, 0.2) is 42.5 Å². The standard InChI is InChI=1S/C22H26N2O3/c1-26-17-9-10-21(27-2)18(14-17)20-8-5-12-24(20)22(25)15-23-13-11-16-6-3-4-7-19(16)23/h3-4,6-7,9-10,14,20H,5,8,11-13,15H2,1-2H3/t20-/m1/s1. The average Bonchev–Trinajstić information content (AvgIpc) is 3.35. The molecule has 142 valence electrons. The average molecular weight is 366 g/mol. The summed E-state index contributed by atoms with van der Waals surface area (Å²) in [5.74, 6) is 1.78. The molecule has 27 heavy (non-hydrogen) atoms. The van der Waals surface area contributed by atoms with Crippen molar-refractivity contribution in [2.24, 2.45) is 0 Å². The molecule has 1 saturated heterocycles. The second-order valence-electron chi connectivity index (χ2n) is 7.15. The van der Waals surface area contributed by atoms with Crippen molar-refractivity contribution in [2.45, 2.75) is 25.3 Å². The first-order chi connectivity index (χ1) is 13.2. The van der Waals surface area contributed by atoms with E-state index in [0.29, 0.717) is 6.54 Å². The number of anilines is 1. The largest absolute Gasteiger partial charge is 0.497 e. The Balaban J connectivity index is 1.54. The molecule has 0 N–H and O–H groups in total. The maximum atomic E-state index is 13.2. The van der Waals surface area contributed by atoms with E-state index in [9.17, 15) is 4.79 Å². The van der Waals surface area contributed by atoms with Gasteiger partial charge in [0, 0.05) is 24.3 Å². The molecule has 2 aliphatic rings. The molecule has 0 radical (unpaired) electrons. The second-order valence-corrected chi connectivity index (χ2v) is 7.15. The Morgan fingerprint density at radius 1 is 1.11 bits per heavy atom. The number of likely N-dealkylation sites (tertiary alicyclic amines) is 1. The number of hydrogen-bond acceptors (Lipinski definition) is 4.